The topological polar surface area (TPSA) is 53.2 Å². The number of halogens is 1. The third-order valence-electron chi connectivity index (χ3n) is 5.60. The molecule has 0 heterocycles. The van der Waals surface area contributed by atoms with E-state index >= 15 is 0 Å². The van der Waals surface area contributed by atoms with E-state index in [2.05, 4.69) is 6.07 Å². The van der Waals surface area contributed by atoms with Crippen LogP contribution in [0, 0.1) is 34.4 Å². The first-order valence-corrected chi connectivity index (χ1v) is 7.43. The molecule has 2 saturated carbocycles. The second-order valence-corrected chi connectivity index (χ2v) is 6.55. The van der Waals surface area contributed by atoms with Gasteiger partial charge in [0.1, 0.15) is 17.2 Å². The minimum atomic E-state index is -1.56. The Morgan fingerprint density at radius 2 is 2.24 bits per heavy atom. The maximum atomic E-state index is 14.4. The molecule has 0 spiro atoms. The molecule has 3 nitrogen and oxygen atoms in total. The molecular weight excluding hydrogens is 269 g/mol. The zero-order valence-corrected chi connectivity index (χ0v) is 12.4. The number of methoxy groups -OCH3 is 1. The molecule has 1 aromatic rings. The van der Waals surface area contributed by atoms with E-state index in [1.54, 1.807) is 19.1 Å². The molecule has 0 amide bonds. The SMILES string of the molecule is COc1cccc(F)c1C(C)(O)C1(C#N)CC2CCC1C2. The summed E-state index contributed by atoms with van der Waals surface area (Å²) >= 11 is 0. The Bertz CT molecular complexity index is 607. The highest BCUT2D eigenvalue weighted by Crippen LogP contribution is 2.63. The van der Waals surface area contributed by atoms with Crippen LogP contribution in [0.2, 0.25) is 0 Å². The molecule has 2 aliphatic rings. The Labute approximate surface area is 124 Å². The van der Waals surface area contributed by atoms with Gasteiger partial charge in [0, 0.05) is 0 Å². The summed E-state index contributed by atoms with van der Waals surface area (Å²) in [6.07, 6.45) is 3.64. The molecule has 3 rings (SSSR count). The van der Waals surface area contributed by atoms with Gasteiger partial charge in [0.2, 0.25) is 0 Å². The molecule has 2 fully saturated rings. The highest BCUT2D eigenvalue weighted by molar-refractivity contribution is 5.42. The zero-order valence-electron chi connectivity index (χ0n) is 12.4. The van der Waals surface area contributed by atoms with E-state index < -0.39 is 16.8 Å². The fraction of sp³-hybridized carbons (Fsp3) is 0.588. The summed E-state index contributed by atoms with van der Waals surface area (Å²) in [5.41, 5.74) is -2.37. The molecule has 2 bridgehead atoms. The summed E-state index contributed by atoms with van der Waals surface area (Å²) in [7, 11) is 1.45. The first-order valence-electron chi connectivity index (χ1n) is 7.43. The molecule has 2 aliphatic carbocycles. The zero-order chi connectivity index (χ0) is 15.3. The van der Waals surface area contributed by atoms with Crippen LogP contribution in [0.25, 0.3) is 0 Å². The van der Waals surface area contributed by atoms with Crippen LogP contribution in [-0.2, 0) is 5.60 Å². The van der Waals surface area contributed by atoms with Gasteiger partial charge in [0.15, 0.2) is 0 Å². The molecule has 0 radical (unpaired) electrons. The van der Waals surface area contributed by atoms with Crippen LogP contribution in [-0.4, -0.2) is 12.2 Å². The number of hydrogen-bond acceptors (Lipinski definition) is 3. The Kier molecular flexibility index (Phi) is 3.22. The van der Waals surface area contributed by atoms with Crippen molar-refractivity contribution in [1.29, 1.82) is 5.26 Å². The van der Waals surface area contributed by atoms with Gasteiger partial charge in [-0.1, -0.05) is 12.5 Å². The number of hydrogen-bond donors (Lipinski definition) is 1. The lowest BCUT2D eigenvalue weighted by Gasteiger charge is -2.44. The third kappa shape index (κ3) is 1.80. The van der Waals surface area contributed by atoms with Crippen LogP contribution in [0.3, 0.4) is 0 Å². The normalized spacial score (nSPS) is 33.5. The molecule has 4 unspecified atom stereocenters. The van der Waals surface area contributed by atoms with E-state index in [4.69, 9.17) is 4.74 Å². The highest BCUT2D eigenvalue weighted by atomic mass is 19.1. The molecule has 1 N–H and O–H groups in total. The number of nitrogens with zero attached hydrogens (tertiary/aromatic N) is 1. The summed E-state index contributed by atoms with van der Waals surface area (Å²) in [5.74, 6) is 0.389. The van der Waals surface area contributed by atoms with Crippen molar-refractivity contribution >= 4 is 0 Å². The van der Waals surface area contributed by atoms with Crippen molar-refractivity contribution in [2.45, 2.75) is 38.2 Å². The Morgan fingerprint density at radius 3 is 2.76 bits per heavy atom. The first kappa shape index (κ1) is 14.3. The van der Waals surface area contributed by atoms with E-state index in [1.807, 2.05) is 0 Å². The minimum Gasteiger partial charge on any atom is -0.496 e. The predicted molar refractivity (Wildman–Crippen MR) is 76.0 cm³/mol. The summed E-state index contributed by atoms with van der Waals surface area (Å²) in [6, 6.07) is 6.84. The van der Waals surface area contributed by atoms with Crippen molar-refractivity contribution in [3.05, 3.63) is 29.6 Å². The summed E-state index contributed by atoms with van der Waals surface area (Å²) in [5, 5.41) is 21.0. The average Bonchev–Trinajstić information content (AvgIpc) is 3.07. The number of rotatable bonds is 3. The van der Waals surface area contributed by atoms with Gasteiger partial charge in [0.25, 0.3) is 0 Å². The lowest BCUT2D eigenvalue weighted by atomic mass is 9.61. The van der Waals surface area contributed by atoms with Crippen molar-refractivity contribution in [3.63, 3.8) is 0 Å². The van der Waals surface area contributed by atoms with E-state index in [0.717, 1.165) is 19.3 Å². The largest absolute Gasteiger partial charge is 0.496 e. The number of benzene rings is 1. The lowest BCUT2D eigenvalue weighted by molar-refractivity contribution is -0.0770. The highest BCUT2D eigenvalue weighted by Gasteiger charge is 2.62. The number of aliphatic hydroxyl groups is 1. The van der Waals surface area contributed by atoms with Crippen molar-refractivity contribution in [2.24, 2.45) is 17.3 Å². The van der Waals surface area contributed by atoms with Crippen LogP contribution >= 0.6 is 0 Å². The van der Waals surface area contributed by atoms with Gasteiger partial charge in [-0.3, -0.25) is 0 Å². The maximum Gasteiger partial charge on any atom is 0.133 e. The second kappa shape index (κ2) is 4.71. The summed E-state index contributed by atoms with van der Waals surface area (Å²) in [6.45, 7) is 1.57. The van der Waals surface area contributed by atoms with Crippen LogP contribution in [0.5, 0.6) is 5.75 Å². The lowest BCUT2D eigenvalue weighted by Crippen LogP contribution is -2.47. The number of ether oxygens (including phenoxy) is 1. The fourth-order valence-electron chi connectivity index (χ4n) is 4.54. The van der Waals surface area contributed by atoms with Crippen LogP contribution in [0.15, 0.2) is 18.2 Å². The van der Waals surface area contributed by atoms with Gasteiger partial charge < -0.3 is 9.84 Å². The Morgan fingerprint density at radius 1 is 1.48 bits per heavy atom. The van der Waals surface area contributed by atoms with Gasteiger partial charge >= 0.3 is 0 Å². The van der Waals surface area contributed by atoms with Gasteiger partial charge in [0.05, 0.1) is 24.2 Å². The molecule has 112 valence electrons. The molecule has 0 aliphatic heterocycles. The Balaban J connectivity index is 2.15. The molecule has 21 heavy (non-hydrogen) atoms. The molecule has 0 aromatic heterocycles. The smallest absolute Gasteiger partial charge is 0.133 e. The number of fused-ring (bicyclic) bond motifs is 2. The van der Waals surface area contributed by atoms with Crippen LogP contribution in [0.4, 0.5) is 4.39 Å². The quantitative estimate of drug-likeness (QED) is 0.928. The maximum absolute atomic E-state index is 14.4. The monoisotopic (exact) mass is 289 g/mol. The third-order valence-corrected chi connectivity index (χ3v) is 5.60. The number of nitriles is 1. The molecule has 0 saturated heterocycles. The van der Waals surface area contributed by atoms with Crippen molar-refractivity contribution in [2.75, 3.05) is 7.11 Å². The van der Waals surface area contributed by atoms with E-state index in [9.17, 15) is 14.8 Å². The minimum absolute atomic E-state index is 0.113. The first-order chi connectivity index (χ1) is 9.96. The van der Waals surface area contributed by atoms with E-state index in [1.165, 1.54) is 13.2 Å². The van der Waals surface area contributed by atoms with Gasteiger partial charge in [-0.2, -0.15) is 5.26 Å². The van der Waals surface area contributed by atoms with Crippen molar-refractivity contribution in [1.82, 2.24) is 0 Å². The van der Waals surface area contributed by atoms with Gasteiger partial charge in [-0.25, -0.2) is 4.39 Å². The van der Waals surface area contributed by atoms with Crippen molar-refractivity contribution in [3.8, 4) is 11.8 Å². The molecule has 4 heteroatoms. The predicted octanol–water partition coefficient (Wildman–Crippen LogP) is 3.37. The molecular formula is C17H20FNO2. The summed E-state index contributed by atoms with van der Waals surface area (Å²) < 4.78 is 19.6. The van der Waals surface area contributed by atoms with Gasteiger partial charge in [-0.15, -0.1) is 0 Å². The fourth-order valence-corrected chi connectivity index (χ4v) is 4.54. The standard InChI is InChI=1S/C17H20FNO2/c1-16(20,15-13(18)4-3-5-14(15)21-2)17(10-19)9-11-6-7-12(17)8-11/h3-5,11-12,20H,6-9H2,1-2H3. The average molecular weight is 289 g/mol. The van der Waals surface area contributed by atoms with Crippen LogP contribution < -0.4 is 4.74 Å². The van der Waals surface area contributed by atoms with E-state index in [0.29, 0.717) is 18.1 Å². The second-order valence-electron chi connectivity index (χ2n) is 6.55. The molecule has 4 atom stereocenters. The summed E-state index contributed by atoms with van der Waals surface area (Å²) in [4.78, 5) is 0. The molecule has 1 aromatic carbocycles. The van der Waals surface area contributed by atoms with E-state index in [-0.39, 0.29) is 11.5 Å². The van der Waals surface area contributed by atoms with Crippen molar-refractivity contribution < 1.29 is 14.2 Å². The van der Waals surface area contributed by atoms with Crippen LogP contribution in [0.1, 0.15) is 38.2 Å². The van der Waals surface area contributed by atoms with Gasteiger partial charge in [-0.05, 0) is 50.2 Å². The Hall–Kier alpha value is -1.60.